The minimum atomic E-state index is -0.159. The fraction of sp³-hybridized carbons (Fsp3) is 0.929. The van der Waals surface area contributed by atoms with Crippen LogP contribution in [-0.4, -0.2) is 48.7 Å². The van der Waals surface area contributed by atoms with Crippen LogP contribution < -0.4 is 5.32 Å². The summed E-state index contributed by atoms with van der Waals surface area (Å²) in [5, 5.41) is 3.46. The lowest BCUT2D eigenvalue weighted by Gasteiger charge is -2.43. The fourth-order valence-corrected chi connectivity index (χ4v) is 3.89. The standard InChI is InChI=1S/C14H24N2O2/c1-14(2)9-18-7-6-16(14)13(17)12-11-5-3-4-10(11)8-15-12/h10-12,15H,3-9H2,1-2H3. The molecule has 1 aliphatic carbocycles. The number of morpholine rings is 1. The smallest absolute Gasteiger partial charge is 0.240 e. The number of rotatable bonds is 1. The van der Waals surface area contributed by atoms with Gasteiger partial charge in [0, 0.05) is 6.54 Å². The SMILES string of the molecule is CC1(C)COCCN1C(=O)C1NCC2CCCC21. The molecule has 3 fully saturated rings. The molecule has 0 bridgehead atoms. The topological polar surface area (TPSA) is 41.6 Å². The van der Waals surface area contributed by atoms with Crippen LogP contribution in [0.5, 0.6) is 0 Å². The van der Waals surface area contributed by atoms with Crippen molar-refractivity contribution in [3.8, 4) is 0 Å². The number of nitrogens with zero attached hydrogens (tertiary/aromatic N) is 1. The molecule has 18 heavy (non-hydrogen) atoms. The van der Waals surface area contributed by atoms with Gasteiger partial charge in [-0.05, 0) is 45.1 Å². The second-order valence-corrected chi connectivity index (χ2v) is 6.60. The van der Waals surface area contributed by atoms with Crippen molar-refractivity contribution >= 4 is 5.91 Å². The van der Waals surface area contributed by atoms with E-state index < -0.39 is 0 Å². The van der Waals surface area contributed by atoms with Gasteiger partial charge in [0.15, 0.2) is 0 Å². The number of carbonyl (C=O) groups excluding carboxylic acids is 1. The first kappa shape index (κ1) is 12.4. The number of hydrogen-bond donors (Lipinski definition) is 1. The van der Waals surface area contributed by atoms with E-state index >= 15 is 0 Å². The molecule has 102 valence electrons. The molecule has 0 radical (unpaired) electrons. The molecule has 0 aromatic heterocycles. The van der Waals surface area contributed by atoms with Gasteiger partial charge < -0.3 is 15.0 Å². The zero-order valence-electron chi connectivity index (χ0n) is 11.4. The summed E-state index contributed by atoms with van der Waals surface area (Å²) in [6, 6.07) is 0.0647. The van der Waals surface area contributed by atoms with E-state index in [0.29, 0.717) is 25.0 Å². The molecule has 2 aliphatic heterocycles. The third-order valence-electron chi connectivity index (χ3n) is 4.92. The Morgan fingerprint density at radius 3 is 3.00 bits per heavy atom. The van der Waals surface area contributed by atoms with E-state index in [0.717, 1.165) is 19.0 Å². The predicted molar refractivity (Wildman–Crippen MR) is 69.2 cm³/mol. The molecule has 2 heterocycles. The van der Waals surface area contributed by atoms with Crippen molar-refractivity contribution in [2.24, 2.45) is 11.8 Å². The van der Waals surface area contributed by atoms with E-state index in [1.807, 2.05) is 4.90 Å². The Balaban J connectivity index is 1.74. The molecule has 4 heteroatoms. The first-order chi connectivity index (χ1) is 8.59. The highest BCUT2D eigenvalue weighted by molar-refractivity contribution is 5.83. The number of ether oxygens (including phenoxy) is 1. The van der Waals surface area contributed by atoms with Gasteiger partial charge in [-0.3, -0.25) is 4.79 Å². The fourth-order valence-electron chi connectivity index (χ4n) is 3.89. The van der Waals surface area contributed by atoms with Gasteiger partial charge in [-0.2, -0.15) is 0 Å². The third kappa shape index (κ3) is 1.95. The van der Waals surface area contributed by atoms with Crippen LogP contribution in [0, 0.1) is 11.8 Å². The number of hydrogen-bond acceptors (Lipinski definition) is 3. The Kier molecular flexibility index (Phi) is 3.10. The monoisotopic (exact) mass is 252 g/mol. The van der Waals surface area contributed by atoms with Crippen LogP contribution in [-0.2, 0) is 9.53 Å². The Morgan fingerprint density at radius 1 is 1.39 bits per heavy atom. The minimum Gasteiger partial charge on any atom is -0.377 e. The van der Waals surface area contributed by atoms with Gasteiger partial charge in [-0.25, -0.2) is 0 Å². The predicted octanol–water partition coefficient (Wildman–Crippen LogP) is 1.01. The first-order valence-corrected chi connectivity index (χ1v) is 7.22. The molecule has 0 spiro atoms. The molecule has 4 nitrogen and oxygen atoms in total. The normalized spacial score (nSPS) is 38.8. The zero-order chi connectivity index (χ0) is 12.8. The van der Waals surface area contributed by atoms with Gasteiger partial charge in [0.2, 0.25) is 5.91 Å². The molecule has 1 saturated carbocycles. The van der Waals surface area contributed by atoms with E-state index in [4.69, 9.17) is 4.74 Å². The summed E-state index contributed by atoms with van der Waals surface area (Å²) in [5.74, 6) is 1.62. The summed E-state index contributed by atoms with van der Waals surface area (Å²) in [4.78, 5) is 14.8. The molecule has 0 aromatic carbocycles. The highest BCUT2D eigenvalue weighted by atomic mass is 16.5. The van der Waals surface area contributed by atoms with E-state index in [9.17, 15) is 4.79 Å². The van der Waals surface area contributed by atoms with Gasteiger partial charge >= 0.3 is 0 Å². The summed E-state index contributed by atoms with van der Waals surface area (Å²) < 4.78 is 5.50. The highest BCUT2D eigenvalue weighted by Crippen LogP contribution is 2.38. The van der Waals surface area contributed by atoms with Gasteiger partial charge in [-0.1, -0.05) is 6.42 Å². The lowest BCUT2D eigenvalue weighted by atomic mass is 9.91. The third-order valence-corrected chi connectivity index (χ3v) is 4.92. The van der Waals surface area contributed by atoms with Crippen molar-refractivity contribution in [3.63, 3.8) is 0 Å². The quantitative estimate of drug-likeness (QED) is 0.757. The molecule has 0 aromatic rings. The van der Waals surface area contributed by atoms with E-state index in [2.05, 4.69) is 19.2 Å². The number of fused-ring (bicyclic) bond motifs is 1. The first-order valence-electron chi connectivity index (χ1n) is 7.22. The summed E-state index contributed by atoms with van der Waals surface area (Å²) >= 11 is 0. The van der Waals surface area contributed by atoms with Crippen LogP contribution in [0.4, 0.5) is 0 Å². The summed E-state index contributed by atoms with van der Waals surface area (Å²) in [7, 11) is 0. The van der Waals surface area contributed by atoms with E-state index in [-0.39, 0.29) is 11.6 Å². The maximum atomic E-state index is 12.8. The molecule has 3 unspecified atom stereocenters. The van der Waals surface area contributed by atoms with Crippen LogP contribution >= 0.6 is 0 Å². The number of nitrogens with one attached hydrogen (secondary N) is 1. The maximum absolute atomic E-state index is 12.8. The Morgan fingerprint density at radius 2 is 2.22 bits per heavy atom. The molecule has 1 amide bonds. The number of carbonyl (C=O) groups is 1. The second-order valence-electron chi connectivity index (χ2n) is 6.60. The Labute approximate surface area is 109 Å². The van der Waals surface area contributed by atoms with Crippen LogP contribution in [0.1, 0.15) is 33.1 Å². The summed E-state index contributed by atoms with van der Waals surface area (Å²) in [6.45, 7) is 7.30. The summed E-state index contributed by atoms with van der Waals surface area (Å²) in [6.07, 6.45) is 3.82. The molecule has 3 atom stereocenters. The Hall–Kier alpha value is -0.610. The Bertz CT molecular complexity index is 343. The molecule has 3 rings (SSSR count). The minimum absolute atomic E-state index is 0.0647. The van der Waals surface area contributed by atoms with Crippen molar-refractivity contribution in [2.75, 3.05) is 26.3 Å². The molecular formula is C14H24N2O2. The van der Waals surface area contributed by atoms with Gasteiger partial charge in [0.25, 0.3) is 0 Å². The molecular weight excluding hydrogens is 228 g/mol. The van der Waals surface area contributed by atoms with Crippen LogP contribution in [0.3, 0.4) is 0 Å². The van der Waals surface area contributed by atoms with Crippen LogP contribution in [0.15, 0.2) is 0 Å². The van der Waals surface area contributed by atoms with Crippen molar-refractivity contribution in [3.05, 3.63) is 0 Å². The lowest BCUT2D eigenvalue weighted by molar-refractivity contribution is -0.149. The lowest BCUT2D eigenvalue weighted by Crippen LogP contribution is -2.60. The van der Waals surface area contributed by atoms with Crippen LogP contribution in [0.25, 0.3) is 0 Å². The van der Waals surface area contributed by atoms with Gasteiger partial charge in [0.05, 0.1) is 24.8 Å². The van der Waals surface area contributed by atoms with E-state index in [1.165, 1.54) is 19.3 Å². The van der Waals surface area contributed by atoms with Crippen molar-refractivity contribution < 1.29 is 9.53 Å². The molecule has 1 N–H and O–H groups in total. The van der Waals surface area contributed by atoms with Crippen molar-refractivity contribution in [1.82, 2.24) is 10.2 Å². The second kappa shape index (κ2) is 4.49. The highest BCUT2D eigenvalue weighted by Gasteiger charge is 2.46. The maximum Gasteiger partial charge on any atom is 0.240 e. The number of amides is 1. The van der Waals surface area contributed by atoms with Gasteiger partial charge in [-0.15, -0.1) is 0 Å². The molecule has 3 aliphatic rings. The van der Waals surface area contributed by atoms with E-state index in [1.54, 1.807) is 0 Å². The summed E-state index contributed by atoms with van der Waals surface area (Å²) in [5.41, 5.74) is -0.159. The average molecular weight is 252 g/mol. The van der Waals surface area contributed by atoms with Crippen LogP contribution in [0.2, 0.25) is 0 Å². The average Bonchev–Trinajstić information content (AvgIpc) is 2.89. The van der Waals surface area contributed by atoms with Crippen molar-refractivity contribution in [1.29, 1.82) is 0 Å². The molecule has 2 saturated heterocycles. The largest absolute Gasteiger partial charge is 0.377 e. The van der Waals surface area contributed by atoms with Crippen molar-refractivity contribution in [2.45, 2.75) is 44.7 Å². The zero-order valence-corrected chi connectivity index (χ0v) is 11.4. The van der Waals surface area contributed by atoms with Gasteiger partial charge in [0.1, 0.15) is 0 Å².